The van der Waals surface area contributed by atoms with E-state index in [-0.39, 0.29) is 11.7 Å². The van der Waals surface area contributed by atoms with Crippen LogP contribution in [0, 0.1) is 13.8 Å². The molecule has 0 aliphatic carbocycles. The summed E-state index contributed by atoms with van der Waals surface area (Å²) in [6.45, 7) is 3.64. The second-order valence-corrected chi connectivity index (χ2v) is 7.14. The first-order valence-corrected chi connectivity index (χ1v) is 9.11. The molecule has 1 aromatic carbocycles. The van der Waals surface area contributed by atoms with E-state index >= 15 is 0 Å². The first kappa shape index (κ1) is 17.0. The minimum Gasteiger partial charge on any atom is -0.508 e. The highest BCUT2D eigenvalue weighted by molar-refractivity contribution is 7.17. The average molecular weight is 379 g/mol. The van der Waals surface area contributed by atoms with Crippen molar-refractivity contribution in [2.75, 3.05) is 10.6 Å². The lowest BCUT2D eigenvalue weighted by Gasteiger charge is -2.11. The topological polar surface area (TPSA) is 91.5 Å². The summed E-state index contributed by atoms with van der Waals surface area (Å²) in [6.07, 6.45) is 3.38. The van der Waals surface area contributed by atoms with Gasteiger partial charge in [-0.05, 0) is 37.6 Å². The normalized spacial score (nSPS) is 10.9. The molecule has 0 aliphatic heterocycles. The molecule has 3 heterocycles. The second kappa shape index (κ2) is 6.73. The van der Waals surface area contributed by atoms with Crippen LogP contribution < -0.4 is 10.6 Å². The van der Waals surface area contributed by atoms with Gasteiger partial charge in [0.1, 0.15) is 10.6 Å². The first-order valence-electron chi connectivity index (χ1n) is 8.29. The van der Waals surface area contributed by atoms with E-state index in [0.29, 0.717) is 27.1 Å². The van der Waals surface area contributed by atoms with Crippen molar-refractivity contribution >= 4 is 39.4 Å². The van der Waals surface area contributed by atoms with Crippen LogP contribution in [0.3, 0.4) is 0 Å². The number of aryl methyl sites for hydroxylation is 1. The lowest BCUT2D eigenvalue weighted by atomic mass is 10.1. The molecule has 0 fully saturated rings. The van der Waals surface area contributed by atoms with Gasteiger partial charge in [-0.1, -0.05) is 23.5 Å². The number of fused-ring (bicyclic) bond motifs is 1. The molecular formula is C19H17N5O2S. The summed E-state index contributed by atoms with van der Waals surface area (Å²) >= 11 is 1.23. The quantitative estimate of drug-likeness (QED) is 0.496. The molecule has 27 heavy (non-hydrogen) atoms. The predicted octanol–water partition coefficient (Wildman–Crippen LogP) is 4.11. The van der Waals surface area contributed by atoms with Crippen LogP contribution in [-0.2, 0) is 0 Å². The Bertz CT molecular complexity index is 1120. The minimum absolute atomic E-state index is 0.148. The van der Waals surface area contributed by atoms with Gasteiger partial charge in [-0.15, -0.1) is 0 Å². The van der Waals surface area contributed by atoms with E-state index in [1.54, 1.807) is 23.6 Å². The van der Waals surface area contributed by atoms with E-state index in [2.05, 4.69) is 20.7 Å². The van der Waals surface area contributed by atoms with E-state index < -0.39 is 0 Å². The molecule has 136 valence electrons. The second-order valence-electron chi connectivity index (χ2n) is 6.11. The number of pyridine rings is 1. The monoisotopic (exact) mass is 379 g/mol. The van der Waals surface area contributed by atoms with Gasteiger partial charge in [0.25, 0.3) is 5.91 Å². The molecule has 8 heteroatoms. The Morgan fingerprint density at radius 3 is 2.89 bits per heavy atom. The maximum Gasteiger partial charge on any atom is 0.267 e. The lowest BCUT2D eigenvalue weighted by Crippen LogP contribution is -2.12. The van der Waals surface area contributed by atoms with Crippen molar-refractivity contribution in [1.29, 1.82) is 0 Å². The van der Waals surface area contributed by atoms with Crippen molar-refractivity contribution in [3.05, 3.63) is 64.8 Å². The molecule has 0 atom stereocenters. The van der Waals surface area contributed by atoms with E-state index in [1.165, 1.54) is 17.5 Å². The average Bonchev–Trinajstić information content (AvgIpc) is 3.28. The fraction of sp³-hybridized carbons (Fsp3) is 0.105. The molecule has 4 rings (SSSR count). The van der Waals surface area contributed by atoms with Crippen LogP contribution in [0.2, 0.25) is 0 Å². The van der Waals surface area contributed by atoms with Crippen molar-refractivity contribution < 1.29 is 9.90 Å². The number of hydrogen-bond acceptors (Lipinski definition) is 6. The van der Waals surface area contributed by atoms with Gasteiger partial charge in [-0.2, -0.15) is 5.10 Å². The lowest BCUT2D eigenvalue weighted by molar-refractivity contribution is 0.103. The SMILES string of the molecule is Cc1ccc(O)c(C)c1NC(=O)c1cnc(Nc2cc3ccccn3n2)s1. The highest BCUT2D eigenvalue weighted by Crippen LogP contribution is 2.29. The number of benzene rings is 1. The molecule has 0 unspecified atom stereocenters. The molecule has 4 aromatic rings. The Morgan fingerprint density at radius 1 is 1.22 bits per heavy atom. The third-order valence-electron chi connectivity index (χ3n) is 4.22. The number of amides is 1. The molecular weight excluding hydrogens is 362 g/mol. The number of aromatic nitrogens is 3. The van der Waals surface area contributed by atoms with E-state index in [9.17, 15) is 9.90 Å². The van der Waals surface area contributed by atoms with Gasteiger partial charge in [-0.3, -0.25) is 4.79 Å². The van der Waals surface area contributed by atoms with Crippen LogP contribution in [0.5, 0.6) is 5.75 Å². The Balaban J connectivity index is 1.52. The Morgan fingerprint density at radius 2 is 2.07 bits per heavy atom. The number of phenols is 1. The number of carbonyl (C=O) groups is 1. The molecule has 0 bridgehead atoms. The molecule has 1 amide bonds. The van der Waals surface area contributed by atoms with Crippen LogP contribution in [0.1, 0.15) is 20.8 Å². The highest BCUT2D eigenvalue weighted by Gasteiger charge is 2.15. The number of carbonyl (C=O) groups excluding carboxylic acids is 1. The molecule has 0 spiro atoms. The third kappa shape index (κ3) is 3.34. The Kier molecular flexibility index (Phi) is 4.25. The maximum atomic E-state index is 12.6. The zero-order chi connectivity index (χ0) is 19.0. The number of phenolic OH excluding ortho intramolecular Hbond substituents is 1. The molecule has 0 aliphatic rings. The van der Waals surface area contributed by atoms with E-state index in [0.717, 1.165) is 11.1 Å². The number of thiazole rings is 1. The van der Waals surface area contributed by atoms with Crippen LogP contribution in [-0.4, -0.2) is 25.6 Å². The molecule has 0 radical (unpaired) electrons. The van der Waals surface area contributed by atoms with Crippen molar-refractivity contribution in [3.63, 3.8) is 0 Å². The van der Waals surface area contributed by atoms with Gasteiger partial charge in [0.2, 0.25) is 0 Å². The third-order valence-corrected chi connectivity index (χ3v) is 5.13. The summed E-state index contributed by atoms with van der Waals surface area (Å²) in [7, 11) is 0. The van der Waals surface area contributed by atoms with Crippen LogP contribution in [0.15, 0.2) is 48.8 Å². The molecule has 7 nitrogen and oxygen atoms in total. The first-order chi connectivity index (χ1) is 13.0. The van der Waals surface area contributed by atoms with Crippen LogP contribution in [0.25, 0.3) is 5.52 Å². The summed E-state index contributed by atoms with van der Waals surface area (Å²) in [5.74, 6) is 0.531. The highest BCUT2D eigenvalue weighted by atomic mass is 32.1. The zero-order valence-corrected chi connectivity index (χ0v) is 15.5. The fourth-order valence-corrected chi connectivity index (χ4v) is 3.47. The van der Waals surface area contributed by atoms with E-state index in [1.807, 2.05) is 37.4 Å². The molecule has 3 N–H and O–H groups in total. The number of nitrogens with zero attached hydrogens (tertiary/aromatic N) is 3. The molecule has 0 saturated heterocycles. The van der Waals surface area contributed by atoms with E-state index in [4.69, 9.17) is 0 Å². The van der Waals surface area contributed by atoms with Gasteiger partial charge >= 0.3 is 0 Å². The number of hydrogen-bond donors (Lipinski definition) is 3. The summed E-state index contributed by atoms with van der Waals surface area (Å²) < 4.78 is 1.76. The summed E-state index contributed by atoms with van der Waals surface area (Å²) in [5, 5.41) is 20.8. The minimum atomic E-state index is -0.271. The summed E-state index contributed by atoms with van der Waals surface area (Å²) in [5.41, 5.74) is 3.09. The van der Waals surface area contributed by atoms with Crippen LogP contribution in [0.4, 0.5) is 16.6 Å². The fourth-order valence-electron chi connectivity index (χ4n) is 2.75. The number of rotatable bonds is 4. The zero-order valence-electron chi connectivity index (χ0n) is 14.7. The number of aromatic hydroxyl groups is 1. The maximum absolute atomic E-state index is 12.6. The van der Waals surface area contributed by atoms with Crippen molar-refractivity contribution in [2.24, 2.45) is 0 Å². The Hall–Kier alpha value is -3.39. The number of anilines is 3. The molecule has 3 aromatic heterocycles. The van der Waals surface area contributed by atoms with Gasteiger partial charge in [0, 0.05) is 17.8 Å². The van der Waals surface area contributed by atoms with Crippen LogP contribution >= 0.6 is 11.3 Å². The van der Waals surface area contributed by atoms with Crippen molar-refractivity contribution in [1.82, 2.24) is 14.6 Å². The van der Waals surface area contributed by atoms with Gasteiger partial charge in [0.05, 0.1) is 17.4 Å². The standard InChI is InChI=1S/C19H17N5O2S/c1-11-6-7-14(25)12(2)17(11)22-18(26)15-10-20-19(27-15)21-16-9-13-5-3-4-8-24(13)23-16/h3-10,25H,1-2H3,(H,22,26)(H,20,21,23). The number of nitrogens with one attached hydrogen (secondary N) is 2. The van der Waals surface area contributed by atoms with Gasteiger partial charge < -0.3 is 15.7 Å². The summed E-state index contributed by atoms with van der Waals surface area (Å²) in [4.78, 5) is 17.3. The largest absolute Gasteiger partial charge is 0.508 e. The smallest absolute Gasteiger partial charge is 0.267 e. The van der Waals surface area contributed by atoms with Gasteiger partial charge in [0.15, 0.2) is 10.9 Å². The summed E-state index contributed by atoms with van der Waals surface area (Å²) in [6, 6.07) is 11.1. The predicted molar refractivity (Wildman–Crippen MR) is 106 cm³/mol. The van der Waals surface area contributed by atoms with Crippen molar-refractivity contribution in [3.8, 4) is 5.75 Å². The Labute approximate surface area is 159 Å². The van der Waals surface area contributed by atoms with Gasteiger partial charge in [-0.25, -0.2) is 9.50 Å². The molecule has 0 saturated carbocycles. The van der Waals surface area contributed by atoms with Crippen molar-refractivity contribution in [2.45, 2.75) is 13.8 Å².